The van der Waals surface area contributed by atoms with Crippen LogP contribution in [0.2, 0.25) is 0 Å². The largest absolute Gasteiger partial charge is 0.460 e. The van der Waals surface area contributed by atoms with Gasteiger partial charge in [0.2, 0.25) is 10.0 Å². The van der Waals surface area contributed by atoms with E-state index in [1.165, 1.54) is 24.7 Å². The molecule has 0 fully saturated rings. The van der Waals surface area contributed by atoms with Crippen molar-refractivity contribution in [3.8, 4) is 0 Å². The van der Waals surface area contributed by atoms with E-state index in [2.05, 4.69) is 32.9 Å². The highest BCUT2D eigenvalue weighted by molar-refractivity contribution is 7.89. The molecule has 0 atom stereocenters. The van der Waals surface area contributed by atoms with E-state index in [4.69, 9.17) is 4.74 Å². The Morgan fingerprint density at radius 1 is 1.00 bits per heavy atom. The third-order valence-corrected chi connectivity index (χ3v) is 6.84. The molecule has 0 unspecified atom stereocenters. The molecule has 0 saturated heterocycles. The normalized spacial score (nSPS) is 12.3. The fraction of sp³-hybridized carbons (Fsp3) is 0.435. The molecule has 6 heteroatoms. The number of carbonyl (C=O) groups excluding carboxylic acids is 1. The van der Waals surface area contributed by atoms with Crippen LogP contribution in [0.3, 0.4) is 0 Å². The van der Waals surface area contributed by atoms with Gasteiger partial charge in [-0.2, -0.15) is 4.31 Å². The SMILES string of the molecule is Cc1ccc(S(=O)(=O)N(C)CC(=O)OCc2c(C)cc(C(C)(C)C)cc2C)cc1. The molecule has 2 aromatic rings. The van der Waals surface area contributed by atoms with Gasteiger partial charge in [-0.15, -0.1) is 0 Å². The number of benzene rings is 2. The number of likely N-dealkylation sites (N-methyl/N-ethyl adjacent to an activating group) is 1. The van der Waals surface area contributed by atoms with Crippen LogP contribution in [0.25, 0.3) is 0 Å². The van der Waals surface area contributed by atoms with Crippen LogP contribution in [0.15, 0.2) is 41.3 Å². The minimum Gasteiger partial charge on any atom is -0.460 e. The summed E-state index contributed by atoms with van der Waals surface area (Å²) in [5.74, 6) is -0.582. The van der Waals surface area contributed by atoms with Crippen molar-refractivity contribution >= 4 is 16.0 Å². The summed E-state index contributed by atoms with van der Waals surface area (Å²) in [4.78, 5) is 12.4. The standard InChI is InChI=1S/C23H31NO4S/c1-16-8-10-20(11-9-16)29(26,27)24(7)14-22(25)28-15-21-17(2)12-19(13-18(21)3)23(4,5)6/h8-13H,14-15H2,1-7H3. The van der Waals surface area contributed by atoms with Gasteiger partial charge in [-0.1, -0.05) is 50.6 Å². The zero-order valence-electron chi connectivity index (χ0n) is 18.4. The predicted molar refractivity (Wildman–Crippen MR) is 115 cm³/mol. The Kier molecular flexibility index (Phi) is 6.91. The highest BCUT2D eigenvalue weighted by Gasteiger charge is 2.24. The van der Waals surface area contributed by atoms with Gasteiger partial charge in [-0.3, -0.25) is 4.79 Å². The Morgan fingerprint density at radius 3 is 2.00 bits per heavy atom. The van der Waals surface area contributed by atoms with E-state index >= 15 is 0 Å². The number of hydrogen-bond acceptors (Lipinski definition) is 4. The summed E-state index contributed by atoms with van der Waals surface area (Å²) in [5, 5.41) is 0. The number of hydrogen-bond donors (Lipinski definition) is 0. The summed E-state index contributed by atoms with van der Waals surface area (Å²) in [6.07, 6.45) is 0. The number of sulfonamides is 1. The summed E-state index contributed by atoms with van der Waals surface area (Å²) >= 11 is 0. The van der Waals surface area contributed by atoms with Crippen LogP contribution in [0.4, 0.5) is 0 Å². The molecule has 158 valence electrons. The van der Waals surface area contributed by atoms with Gasteiger partial charge < -0.3 is 4.74 Å². The summed E-state index contributed by atoms with van der Waals surface area (Å²) in [6.45, 7) is 12.1. The fourth-order valence-electron chi connectivity index (χ4n) is 3.01. The van der Waals surface area contributed by atoms with Gasteiger partial charge in [0.15, 0.2) is 0 Å². The molecule has 0 aliphatic carbocycles. The van der Waals surface area contributed by atoms with Crippen LogP contribution < -0.4 is 0 Å². The van der Waals surface area contributed by atoms with Crippen molar-refractivity contribution in [3.05, 3.63) is 64.2 Å². The maximum atomic E-state index is 12.6. The number of ether oxygens (including phenoxy) is 1. The molecule has 2 aromatic carbocycles. The first kappa shape index (κ1) is 23.1. The first-order valence-corrected chi connectivity index (χ1v) is 11.1. The number of aryl methyl sites for hydroxylation is 3. The average Bonchev–Trinajstić information content (AvgIpc) is 2.60. The second-order valence-corrected chi connectivity index (χ2v) is 10.6. The van der Waals surface area contributed by atoms with Crippen LogP contribution >= 0.6 is 0 Å². The molecule has 0 bridgehead atoms. The van der Waals surface area contributed by atoms with Crippen molar-refractivity contribution in [1.29, 1.82) is 0 Å². The van der Waals surface area contributed by atoms with E-state index < -0.39 is 16.0 Å². The average molecular weight is 418 g/mol. The zero-order chi connectivity index (χ0) is 22.0. The first-order chi connectivity index (χ1) is 13.3. The molecule has 0 amide bonds. The third-order valence-electron chi connectivity index (χ3n) is 5.02. The van der Waals surface area contributed by atoms with Crippen LogP contribution in [-0.4, -0.2) is 32.3 Å². The lowest BCUT2D eigenvalue weighted by atomic mass is 9.84. The quantitative estimate of drug-likeness (QED) is 0.659. The third kappa shape index (κ3) is 5.67. The number of rotatable bonds is 6. The number of esters is 1. The molecule has 0 N–H and O–H groups in total. The van der Waals surface area contributed by atoms with E-state index in [0.29, 0.717) is 0 Å². The van der Waals surface area contributed by atoms with E-state index in [0.717, 1.165) is 26.6 Å². The Morgan fingerprint density at radius 2 is 1.52 bits per heavy atom. The minimum atomic E-state index is -3.74. The van der Waals surface area contributed by atoms with Gasteiger partial charge in [0.05, 0.1) is 4.90 Å². The van der Waals surface area contributed by atoms with Gasteiger partial charge in [-0.05, 0) is 60.6 Å². The van der Waals surface area contributed by atoms with Crippen molar-refractivity contribution in [3.63, 3.8) is 0 Å². The molecule has 0 saturated carbocycles. The van der Waals surface area contributed by atoms with Crippen LogP contribution in [0, 0.1) is 20.8 Å². The molecule has 5 nitrogen and oxygen atoms in total. The zero-order valence-corrected chi connectivity index (χ0v) is 19.2. The molecular formula is C23H31NO4S. The first-order valence-electron chi connectivity index (χ1n) is 9.61. The lowest BCUT2D eigenvalue weighted by molar-refractivity contribution is -0.144. The second-order valence-electron chi connectivity index (χ2n) is 8.57. The second kappa shape index (κ2) is 8.67. The maximum Gasteiger partial charge on any atom is 0.321 e. The van der Waals surface area contributed by atoms with Gasteiger partial charge >= 0.3 is 5.97 Å². The summed E-state index contributed by atoms with van der Waals surface area (Å²) in [5.41, 5.74) is 5.31. The molecule has 0 aromatic heterocycles. The Balaban J connectivity index is 2.05. The van der Waals surface area contributed by atoms with E-state index in [1.807, 2.05) is 20.8 Å². The molecule has 0 aliphatic heterocycles. The smallest absolute Gasteiger partial charge is 0.321 e. The van der Waals surface area contributed by atoms with Gasteiger partial charge in [0.1, 0.15) is 13.2 Å². The lowest BCUT2D eigenvalue weighted by Gasteiger charge is -2.22. The monoisotopic (exact) mass is 417 g/mol. The predicted octanol–water partition coefficient (Wildman–Crippen LogP) is 4.27. The topological polar surface area (TPSA) is 63.7 Å². The van der Waals surface area contributed by atoms with Gasteiger partial charge in [-0.25, -0.2) is 8.42 Å². The molecule has 29 heavy (non-hydrogen) atoms. The van der Waals surface area contributed by atoms with Gasteiger partial charge in [0, 0.05) is 7.05 Å². The van der Waals surface area contributed by atoms with E-state index in [1.54, 1.807) is 12.1 Å². The highest BCUT2D eigenvalue weighted by atomic mass is 32.2. The molecule has 2 rings (SSSR count). The molecule has 0 aliphatic rings. The number of carbonyl (C=O) groups is 1. The van der Waals surface area contributed by atoms with Crippen molar-refractivity contribution in [2.24, 2.45) is 0 Å². The minimum absolute atomic E-state index is 0.0395. The van der Waals surface area contributed by atoms with E-state index in [9.17, 15) is 13.2 Å². The Labute approximate surface area is 174 Å². The Hall–Kier alpha value is -2.18. The molecule has 0 heterocycles. The number of nitrogens with zero attached hydrogens (tertiary/aromatic N) is 1. The summed E-state index contributed by atoms with van der Waals surface area (Å²) in [6, 6.07) is 10.8. The van der Waals surface area contributed by atoms with Gasteiger partial charge in [0.25, 0.3) is 0 Å². The fourth-order valence-corrected chi connectivity index (χ4v) is 4.12. The molecule has 0 spiro atoms. The van der Waals surface area contributed by atoms with E-state index in [-0.39, 0.29) is 23.5 Å². The summed E-state index contributed by atoms with van der Waals surface area (Å²) in [7, 11) is -2.36. The lowest BCUT2D eigenvalue weighted by Crippen LogP contribution is -2.33. The molecular weight excluding hydrogens is 386 g/mol. The Bertz CT molecular complexity index is 964. The van der Waals surface area contributed by atoms with Crippen molar-refractivity contribution in [2.45, 2.75) is 58.5 Å². The molecule has 0 radical (unpaired) electrons. The summed E-state index contributed by atoms with van der Waals surface area (Å²) < 4.78 is 31.6. The van der Waals surface area contributed by atoms with Crippen LogP contribution in [-0.2, 0) is 31.6 Å². The van der Waals surface area contributed by atoms with Crippen molar-refractivity contribution in [1.82, 2.24) is 4.31 Å². The van der Waals surface area contributed by atoms with Crippen molar-refractivity contribution < 1.29 is 17.9 Å². The van der Waals surface area contributed by atoms with Crippen molar-refractivity contribution in [2.75, 3.05) is 13.6 Å². The van der Waals surface area contributed by atoms with Crippen LogP contribution in [0.5, 0.6) is 0 Å². The maximum absolute atomic E-state index is 12.6. The highest BCUT2D eigenvalue weighted by Crippen LogP contribution is 2.27. The van der Waals surface area contributed by atoms with Crippen LogP contribution in [0.1, 0.15) is 48.6 Å².